The minimum Gasteiger partial charge on any atom is -0.439 e. The molecule has 2 aromatic rings. The SMILES string of the molecule is CC(=O)c1ccc(Oc2ccc(Br)cc2)nc1. The third kappa shape index (κ3) is 3.14. The Labute approximate surface area is 108 Å². The molecule has 0 atom stereocenters. The molecule has 0 saturated heterocycles. The lowest BCUT2D eigenvalue weighted by atomic mass is 10.2. The number of benzene rings is 1. The summed E-state index contributed by atoms with van der Waals surface area (Å²) >= 11 is 3.35. The van der Waals surface area contributed by atoms with Gasteiger partial charge in [-0.2, -0.15) is 0 Å². The van der Waals surface area contributed by atoms with Crippen molar-refractivity contribution in [2.24, 2.45) is 0 Å². The highest BCUT2D eigenvalue weighted by atomic mass is 79.9. The number of halogens is 1. The fraction of sp³-hybridized carbons (Fsp3) is 0.0769. The maximum atomic E-state index is 11.1. The first-order chi connectivity index (χ1) is 8.15. The van der Waals surface area contributed by atoms with Crippen molar-refractivity contribution in [2.75, 3.05) is 0 Å². The lowest BCUT2D eigenvalue weighted by molar-refractivity contribution is 0.101. The molecule has 1 aromatic heterocycles. The molecule has 3 nitrogen and oxygen atoms in total. The quantitative estimate of drug-likeness (QED) is 0.807. The Balaban J connectivity index is 2.13. The Kier molecular flexibility index (Phi) is 3.54. The summed E-state index contributed by atoms with van der Waals surface area (Å²) in [6.45, 7) is 1.51. The van der Waals surface area contributed by atoms with E-state index in [9.17, 15) is 4.79 Å². The van der Waals surface area contributed by atoms with E-state index in [1.807, 2.05) is 24.3 Å². The van der Waals surface area contributed by atoms with E-state index >= 15 is 0 Å². The van der Waals surface area contributed by atoms with E-state index < -0.39 is 0 Å². The summed E-state index contributed by atoms with van der Waals surface area (Å²) in [6.07, 6.45) is 1.51. The van der Waals surface area contributed by atoms with Crippen molar-refractivity contribution in [3.05, 3.63) is 52.6 Å². The minimum absolute atomic E-state index is 0.00677. The van der Waals surface area contributed by atoms with Gasteiger partial charge in [0.2, 0.25) is 5.88 Å². The topological polar surface area (TPSA) is 39.2 Å². The number of nitrogens with zero attached hydrogens (tertiary/aromatic N) is 1. The van der Waals surface area contributed by atoms with Gasteiger partial charge in [-0.05, 0) is 37.3 Å². The maximum absolute atomic E-state index is 11.1. The van der Waals surface area contributed by atoms with E-state index in [-0.39, 0.29) is 5.78 Å². The summed E-state index contributed by atoms with van der Waals surface area (Å²) < 4.78 is 6.52. The first-order valence-corrected chi connectivity index (χ1v) is 5.85. The second-order valence-corrected chi connectivity index (χ2v) is 4.41. The predicted molar refractivity (Wildman–Crippen MR) is 68.5 cm³/mol. The lowest BCUT2D eigenvalue weighted by Gasteiger charge is -2.04. The molecule has 4 heteroatoms. The minimum atomic E-state index is -0.00677. The van der Waals surface area contributed by atoms with E-state index in [1.165, 1.54) is 13.1 Å². The Morgan fingerprint density at radius 2 is 1.88 bits per heavy atom. The molecule has 0 bridgehead atoms. The lowest BCUT2D eigenvalue weighted by Crippen LogP contribution is -1.94. The van der Waals surface area contributed by atoms with Crippen molar-refractivity contribution in [1.29, 1.82) is 0 Å². The van der Waals surface area contributed by atoms with Gasteiger partial charge in [-0.15, -0.1) is 0 Å². The fourth-order valence-corrected chi connectivity index (χ4v) is 1.54. The van der Waals surface area contributed by atoms with Gasteiger partial charge >= 0.3 is 0 Å². The van der Waals surface area contributed by atoms with Crippen LogP contribution < -0.4 is 4.74 Å². The highest BCUT2D eigenvalue weighted by Crippen LogP contribution is 2.21. The Morgan fingerprint density at radius 3 is 2.41 bits per heavy atom. The van der Waals surface area contributed by atoms with E-state index in [4.69, 9.17) is 4.74 Å². The van der Waals surface area contributed by atoms with Crippen LogP contribution in [0.15, 0.2) is 47.1 Å². The largest absolute Gasteiger partial charge is 0.439 e. The van der Waals surface area contributed by atoms with Crippen LogP contribution in [0.25, 0.3) is 0 Å². The number of hydrogen-bond donors (Lipinski definition) is 0. The van der Waals surface area contributed by atoms with Crippen molar-refractivity contribution in [1.82, 2.24) is 4.98 Å². The van der Waals surface area contributed by atoms with Crippen LogP contribution in [0.1, 0.15) is 17.3 Å². The van der Waals surface area contributed by atoms with Gasteiger partial charge in [-0.25, -0.2) is 4.98 Å². The Hall–Kier alpha value is -1.68. The summed E-state index contributed by atoms with van der Waals surface area (Å²) in [5.74, 6) is 1.17. The third-order valence-electron chi connectivity index (χ3n) is 2.18. The van der Waals surface area contributed by atoms with Gasteiger partial charge in [-0.1, -0.05) is 15.9 Å². The van der Waals surface area contributed by atoms with Crippen LogP contribution in [0.5, 0.6) is 11.6 Å². The molecule has 86 valence electrons. The van der Waals surface area contributed by atoms with Crippen LogP contribution in [-0.2, 0) is 0 Å². The highest BCUT2D eigenvalue weighted by molar-refractivity contribution is 9.10. The molecule has 1 aromatic carbocycles. The van der Waals surface area contributed by atoms with E-state index in [0.717, 1.165) is 4.47 Å². The molecular formula is C13H10BrNO2. The number of ether oxygens (including phenoxy) is 1. The summed E-state index contributed by atoms with van der Waals surface area (Å²) in [5, 5.41) is 0. The van der Waals surface area contributed by atoms with Crippen molar-refractivity contribution in [2.45, 2.75) is 6.92 Å². The summed E-state index contributed by atoms with van der Waals surface area (Å²) in [5.41, 5.74) is 0.577. The van der Waals surface area contributed by atoms with Gasteiger partial charge in [0, 0.05) is 22.3 Å². The average Bonchev–Trinajstić information content (AvgIpc) is 2.33. The van der Waals surface area contributed by atoms with Crippen molar-refractivity contribution in [3.8, 4) is 11.6 Å². The van der Waals surface area contributed by atoms with Crippen molar-refractivity contribution < 1.29 is 9.53 Å². The van der Waals surface area contributed by atoms with Crippen LogP contribution in [0, 0.1) is 0 Å². The zero-order valence-electron chi connectivity index (χ0n) is 9.18. The Bertz CT molecular complexity index is 520. The molecule has 0 aliphatic rings. The number of pyridine rings is 1. The molecule has 0 fully saturated rings. The number of Topliss-reactive ketones (excluding diaryl/α,β-unsaturated/α-hetero) is 1. The molecule has 0 radical (unpaired) electrons. The van der Waals surface area contributed by atoms with Crippen LogP contribution >= 0.6 is 15.9 Å². The van der Waals surface area contributed by atoms with Gasteiger partial charge < -0.3 is 4.74 Å². The molecule has 1 heterocycles. The van der Waals surface area contributed by atoms with Crippen molar-refractivity contribution in [3.63, 3.8) is 0 Å². The molecule has 0 aliphatic carbocycles. The van der Waals surface area contributed by atoms with E-state index in [2.05, 4.69) is 20.9 Å². The van der Waals surface area contributed by atoms with Crippen LogP contribution in [-0.4, -0.2) is 10.8 Å². The number of rotatable bonds is 3. The summed E-state index contributed by atoms with van der Waals surface area (Å²) in [4.78, 5) is 15.1. The molecule has 2 rings (SSSR count). The molecule has 0 aliphatic heterocycles. The molecule has 0 saturated carbocycles. The monoisotopic (exact) mass is 291 g/mol. The van der Waals surface area contributed by atoms with Crippen LogP contribution in [0.3, 0.4) is 0 Å². The summed E-state index contributed by atoms with van der Waals surface area (Å²) in [7, 11) is 0. The molecule has 0 N–H and O–H groups in total. The van der Waals surface area contributed by atoms with Gasteiger partial charge in [0.1, 0.15) is 5.75 Å². The number of aromatic nitrogens is 1. The van der Waals surface area contributed by atoms with Gasteiger partial charge in [0.05, 0.1) is 0 Å². The first-order valence-electron chi connectivity index (χ1n) is 5.05. The number of carbonyl (C=O) groups excluding carboxylic acids is 1. The van der Waals surface area contributed by atoms with E-state index in [0.29, 0.717) is 17.2 Å². The molecule has 0 amide bonds. The van der Waals surface area contributed by atoms with Crippen LogP contribution in [0.2, 0.25) is 0 Å². The van der Waals surface area contributed by atoms with Gasteiger partial charge in [0.15, 0.2) is 5.78 Å². The zero-order chi connectivity index (χ0) is 12.3. The van der Waals surface area contributed by atoms with Gasteiger partial charge in [-0.3, -0.25) is 4.79 Å². The standard InChI is InChI=1S/C13H10BrNO2/c1-9(16)10-2-7-13(15-8-10)17-12-5-3-11(14)4-6-12/h2-8H,1H3. The predicted octanol–water partition coefficient (Wildman–Crippen LogP) is 3.84. The molecule has 0 unspecified atom stereocenters. The first kappa shape index (κ1) is 11.8. The fourth-order valence-electron chi connectivity index (χ4n) is 1.27. The van der Waals surface area contributed by atoms with E-state index in [1.54, 1.807) is 12.1 Å². The molecular weight excluding hydrogens is 282 g/mol. The smallest absolute Gasteiger partial charge is 0.219 e. The van der Waals surface area contributed by atoms with Crippen LogP contribution in [0.4, 0.5) is 0 Å². The second-order valence-electron chi connectivity index (χ2n) is 3.50. The Morgan fingerprint density at radius 1 is 1.18 bits per heavy atom. The normalized spacial score (nSPS) is 10.0. The number of hydrogen-bond acceptors (Lipinski definition) is 3. The molecule has 0 spiro atoms. The average molecular weight is 292 g/mol. The number of ketones is 1. The maximum Gasteiger partial charge on any atom is 0.219 e. The third-order valence-corrected chi connectivity index (χ3v) is 2.71. The van der Waals surface area contributed by atoms with Gasteiger partial charge in [0.25, 0.3) is 0 Å². The zero-order valence-corrected chi connectivity index (χ0v) is 10.8. The van der Waals surface area contributed by atoms with Crippen molar-refractivity contribution >= 4 is 21.7 Å². The highest BCUT2D eigenvalue weighted by Gasteiger charge is 2.02. The molecule has 17 heavy (non-hydrogen) atoms. The number of carbonyl (C=O) groups is 1. The second kappa shape index (κ2) is 5.10. The summed E-state index contributed by atoms with van der Waals surface area (Å²) in [6, 6.07) is 10.8.